The summed E-state index contributed by atoms with van der Waals surface area (Å²) in [6.07, 6.45) is -4.55. The zero-order chi connectivity index (χ0) is 18.2. The second-order valence-corrected chi connectivity index (χ2v) is 6.55. The fraction of sp³-hybridized carbons (Fsp3) is 0.118. The lowest BCUT2D eigenvalue weighted by molar-refractivity contribution is -0.141. The van der Waals surface area contributed by atoms with E-state index in [9.17, 15) is 17.4 Å². The van der Waals surface area contributed by atoms with Crippen LogP contribution in [0.3, 0.4) is 0 Å². The van der Waals surface area contributed by atoms with Gasteiger partial charge >= 0.3 is 6.18 Å². The van der Waals surface area contributed by atoms with Crippen molar-refractivity contribution in [3.05, 3.63) is 65.9 Å². The van der Waals surface area contributed by atoms with Gasteiger partial charge in [-0.1, -0.05) is 29.8 Å². The molecule has 3 rings (SSSR count). The number of benzene rings is 2. The van der Waals surface area contributed by atoms with Crippen molar-refractivity contribution in [3.8, 4) is 16.9 Å². The third-order valence-corrected chi connectivity index (χ3v) is 4.40. The van der Waals surface area contributed by atoms with Crippen LogP contribution in [-0.4, -0.2) is 14.0 Å². The first-order chi connectivity index (χ1) is 11.8. The monoisotopic (exact) mass is 365 g/mol. The predicted octanol–water partition coefficient (Wildman–Crippen LogP) is 3.85. The number of nitrogens with zero attached hydrogens (tertiary/aromatic N) is 2. The van der Waals surface area contributed by atoms with Gasteiger partial charge in [0.25, 0.3) is 0 Å². The Labute approximate surface area is 144 Å². The molecule has 0 saturated heterocycles. The van der Waals surface area contributed by atoms with E-state index in [0.717, 1.165) is 11.6 Å². The van der Waals surface area contributed by atoms with Gasteiger partial charge in [0.15, 0.2) is 5.69 Å². The minimum absolute atomic E-state index is 0.314. The van der Waals surface area contributed by atoms with E-state index >= 15 is 0 Å². The smallest absolute Gasteiger partial charge is 0.248 e. The molecule has 2 aromatic carbocycles. The Morgan fingerprint density at radius 2 is 1.64 bits per heavy atom. The first-order valence-corrected chi connectivity index (χ1v) is 8.48. The summed E-state index contributed by atoms with van der Waals surface area (Å²) in [7, 11) is -1.66. The molecular formula is C17H14F3N3OS. The highest BCUT2D eigenvalue weighted by Gasteiger charge is 2.35. The minimum Gasteiger partial charge on any atom is -0.248 e. The van der Waals surface area contributed by atoms with E-state index in [2.05, 4.69) is 5.10 Å². The van der Waals surface area contributed by atoms with E-state index in [-0.39, 0.29) is 0 Å². The normalized spacial score (nSPS) is 13.0. The summed E-state index contributed by atoms with van der Waals surface area (Å²) < 4.78 is 51.8. The van der Waals surface area contributed by atoms with Crippen LogP contribution in [0, 0.1) is 6.92 Å². The molecule has 4 nitrogen and oxygen atoms in total. The highest BCUT2D eigenvalue weighted by atomic mass is 32.2. The van der Waals surface area contributed by atoms with Crippen LogP contribution in [0.15, 0.2) is 59.5 Å². The second kappa shape index (κ2) is 6.45. The number of alkyl halides is 3. The fourth-order valence-corrected chi connectivity index (χ4v) is 2.77. The lowest BCUT2D eigenvalue weighted by Gasteiger charge is -2.08. The van der Waals surface area contributed by atoms with Crippen molar-refractivity contribution in [2.75, 3.05) is 0 Å². The van der Waals surface area contributed by atoms with E-state index in [0.29, 0.717) is 21.8 Å². The van der Waals surface area contributed by atoms with Gasteiger partial charge in [0.2, 0.25) is 0 Å². The maximum Gasteiger partial charge on any atom is 0.435 e. The van der Waals surface area contributed by atoms with Crippen LogP contribution < -0.4 is 5.14 Å². The molecule has 1 heterocycles. The molecule has 0 aliphatic heterocycles. The number of hydrogen-bond donors (Lipinski definition) is 1. The van der Waals surface area contributed by atoms with Gasteiger partial charge in [0, 0.05) is 5.56 Å². The van der Waals surface area contributed by atoms with Crippen LogP contribution in [0.2, 0.25) is 0 Å². The lowest BCUT2D eigenvalue weighted by atomic mass is 10.1. The van der Waals surface area contributed by atoms with Gasteiger partial charge in [0.05, 0.1) is 16.3 Å². The van der Waals surface area contributed by atoms with Crippen molar-refractivity contribution in [2.24, 2.45) is 5.14 Å². The zero-order valence-corrected chi connectivity index (χ0v) is 13.9. The standard InChI is InChI=1S/C17H14F3N3OS/c1-11-2-4-12(5-3-11)15-10-16(17(18,19)20)22-23(15)13-6-8-14(9-7-13)25(21)24/h2-10H,21H2,1H3. The van der Waals surface area contributed by atoms with E-state index in [1.54, 1.807) is 12.1 Å². The molecule has 1 aromatic heterocycles. The van der Waals surface area contributed by atoms with Gasteiger partial charge in [-0.05, 0) is 37.3 Å². The Kier molecular flexibility index (Phi) is 4.49. The zero-order valence-electron chi connectivity index (χ0n) is 13.1. The molecular weight excluding hydrogens is 351 g/mol. The number of aryl methyl sites for hydroxylation is 1. The van der Waals surface area contributed by atoms with Gasteiger partial charge in [-0.25, -0.2) is 14.0 Å². The molecule has 0 saturated carbocycles. The highest BCUT2D eigenvalue weighted by Crippen LogP contribution is 2.33. The van der Waals surface area contributed by atoms with E-state index in [4.69, 9.17) is 5.14 Å². The van der Waals surface area contributed by atoms with Gasteiger partial charge in [0.1, 0.15) is 11.0 Å². The van der Waals surface area contributed by atoms with Crippen molar-refractivity contribution < 1.29 is 17.4 Å². The van der Waals surface area contributed by atoms with Gasteiger partial charge in [-0.3, -0.25) is 0 Å². The van der Waals surface area contributed by atoms with Crippen molar-refractivity contribution >= 4 is 11.0 Å². The fourth-order valence-electron chi connectivity index (χ4n) is 2.37. The summed E-state index contributed by atoms with van der Waals surface area (Å²) in [6, 6.07) is 14.2. The third kappa shape index (κ3) is 3.64. The van der Waals surface area contributed by atoms with E-state index < -0.39 is 22.9 Å². The summed E-state index contributed by atoms with van der Waals surface area (Å²) in [6.45, 7) is 1.90. The van der Waals surface area contributed by atoms with Gasteiger partial charge in [-0.2, -0.15) is 18.3 Å². The van der Waals surface area contributed by atoms with Crippen molar-refractivity contribution in [3.63, 3.8) is 0 Å². The molecule has 0 fully saturated rings. The molecule has 0 radical (unpaired) electrons. The number of rotatable bonds is 3. The summed E-state index contributed by atoms with van der Waals surface area (Å²) in [4.78, 5) is 0.379. The van der Waals surface area contributed by atoms with Crippen LogP contribution in [0.5, 0.6) is 0 Å². The largest absolute Gasteiger partial charge is 0.435 e. The summed E-state index contributed by atoms with van der Waals surface area (Å²) in [5, 5.41) is 9.01. The molecule has 130 valence electrons. The van der Waals surface area contributed by atoms with Crippen LogP contribution in [-0.2, 0) is 17.2 Å². The average molecular weight is 365 g/mol. The first kappa shape index (κ1) is 17.4. The Balaban J connectivity index is 2.15. The number of halogens is 3. The molecule has 0 amide bonds. The molecule has 1 unspecified atom stereocenters. The van der Waals surface area contributed by atoms with Crippen LogP contribution in [0.25, 0.3) is 16.9 Å². The SMILES string of the molecule is Cc1ccc(-c2cc(C(F)(F)F)nn2-c2ccc(S(N)=O)cc2)cc1. The summed E-state index contributed by atoms with van der Waals surface area (Å²) in [5.41, 5.74) is 1.37. The quantitative estimate of drug-likeness (QED) is 0.766. The molecule has 0 spiro atoms. The Bertz CT molecular complexity index is 916. The van der Waals surface area contributed by atoms with E-state index in [1.807, 2.05) is 19.1 Å². The van der Waals surface area contributed by atoms with Crippen LogP contribution >= 0.6 is 0 Å². The molecule has 3 aromatic rings. The Morgan fingerprint density at radius 1 is 1.04 bits per heavy atom. The molecule has 0 aliphatic carbocycles. The van der Waals surface area contributed by atoms with Crippen molar-refractivity contribution in [2.45, 2.75) is 18.0 Å². The van der Waals surface area contributed by atoms with Crippen molar-refractivity contribution in [1.29, 1.82) is 0 Å². The maximum atomic E-state index is 13.1. The van der Waals surface area contributed by atoms with Gasteiger partial charge in [-0.15, -0.1) is 0 Å². The van der Waals surface area contributed by atoms with Crippen LogP contribution in [0.1, 0.15) is 11.3 Å². The maximum absolute atomic E-state index is 13.1. The predicted molar refractivity (Wildman–Crippen MR) is 89.3 cm³/mol. The molecule has 8 heteroatoms. The molecule has 1 atom stereocenters. The number of nitrogens with two attached hydrogens (primary N) is 1. The van der Waals surface area contributed by atoms with Crippen molar-refractivity contribution in [1.82, 2.24) is 9.78 Å². The Hall–Kier alpha value is -2.45. The number of hydrogen-bond acceptors (Lipinski definition) is 2. The molecule has 2 N–H and O–H groups in total. The summed E-state index contributed by atoms with van der Waals surface area (Å²) >= 11 is 0. The first-order valence-electron chi connectivity index (χ1n) is 7.26. The highest BCUT2D eigenvalue weighted by molar-refractivity contribution is 7.82. The average Bonchev–Trinajstić information content (AvgIpc) is 3.01. The molecule has 25 heavy (non-hydrogen) atoms. The molecule has 0 bridgehead atoms. The lowest BCUT2D eigenvalue weighted by Crippen LogP contribution is -2.08. The third-order valence-electron chi connectivity index (χ3n) is 3.66. The second-order valence-electron chi connectivity index (χ2n) is 5.48. The van der Waals surface area contributed by atoms with Crippen LogP contribution in [0.4, 0.5) is 13.2 Å². The topological polar surface area (TPSA) is 60.9 Å². The number of aromatic nitrogens is 2. The van der Waals surface area contributed by atoms with Gasteiger partial charge < -0.3 is 0 Å². The summed E-state index contributed by atoms with van der Waals surface area (Å²) in [5.74, 6) is 0. The molecule has 0 aliphatic rings. The van der Waals surface area contributed by atoms with E-state index in [1.165, 1.54) is 28.9 Å². The Morgan fingerprint density at radius 3 is 2.16 bits per heavy atom. The minimum atomic E-state index is -4.55.